The van der Waals surface area contributed by atoms with Gasteiger partial charge < -0.3 is 10.2 Å². The van der Waals surface area contributed by atoms with Gasteiger partial charge >= 0.3 is 0 Å². The number of fused-ring (bicyclic) bond motifs is 2. The van der Waals surface area contributed by atoms with E-state index in [-0.39, 0.29) is 0 Å². The van der Waals surface area contributed by atoms with Crippen LogP contribution in [0, 0.1) is 0 Å². The summed E-state index contributed by atoms with van der Waals surface area (Å²) >= 11 is 0. The summed E-state index contributed by atoms with van der Waals surface area (Å²) in [6, 6.07) is 18.3. The van der Waals surface area contributed by atoms with Crippen LogP contribution in [0.15, 0.2) is 48.5 Å². The molecule has 1 unspecified atom stereocenters. The number of anilines is 1. The lowest BCUT2D eigenvalue weighted by molar-refractivity contribution is 0.475. The Balaban J connectivity index is 1.47. The van der Waals surface area contributed by atoms with E-state index in [0.29, 0.717) is 6.04 Å². The Kier molecular flexibility index (Phi) is 3.40. The average molecular weight is 278 g/mol. The van der Waals surface area contributed by atoms with Crippen LogP contribution in [0.25, 0.3) is 0 Å². The molecule has 2 heteroatoms. The summed E-state index contributed by atoms with van der Waals surface area (Å²) in [5, 5.41) is 3.70. The molecule has 2 aromatic carbocycles. The molecule has 2 aromatic rings. The van der Waals surface area contributed by atoms with E-state index in [0.717, 1.165) is 13.1 Å². The van der Waals surface area contributed by atoms with E-state index in [1.807, 2.05) is 0 Å². The zero-order valence-electron chi connectivity index (χ0n) is 12.4. The first kappa shape index (κ1) is 12.9. The van der Waals surface area contributed by atoms with Gasteiger partial charge in [-0.1, -0.05) is 42.5 Å². The van der Waals surface area contributed by atoms with Gasteiger partial charge in [0, 0.05) is 24.8 Å². The molecule has 108 valence electrons. The van der Waals surface area contributed by atoms with Crippen molar-refractivity contribution in [1.82, 2.24) is 5.32 Å². The number of nitrogens with zero attached hydrogens (tertiary/aromatic N) is 1. The van der Waals surface area contributed by atoms with Crippen LogP contribution in [0.2, 0.25) is 0 Å². The monoisotopic (exact) mass is 278 g/mol. The molecule has 0 saturated heterocycles. The summed E-state index contributed by atoms with van der Waals surface area (Å²) in [6.45, 7) is 3.43. The minimum atomic E-state index is 0.516. The van der Waals surface area contributed by atoms with Crippen LogP contribution >= 0.6 is 0 Å². The lowest BCUT2D eigenvalue weighted by Gasteiger charge is -2.29. The second-order valence-electron chi connectivity index (χ2n) is 6.11. The summed E-state index contributed by atoms with van der Waals surface area (Å²) in [6.07, 6.45) is 3.55. The Bertz CT molecular complexity index is 635. The molecule has 2 nitrogen and oxygen atoms in total. The van der Waals surface area contributed by atoms with Gasteiger partial charge in [0.15, 0.2) is 0 Å². The van der Waals surface area contributed by atoms with E-state index in [4.69, 9.17) is 0 Å². The van der Waals surface area contributed by atoms with E-state index in [2.05, 4.69) is 58.7 Å². The second-order valence-corrected chi connectivity index (χ2v) is 6.11. The maximum Gasteiger partial charge on any atom is 0.0399 e. The molecule has 0 radical (unpaired) electrons. The first-order valence-electron chi connectivity index (χ1n) is 8.06. The van der Waals surface area contributed by atoms with Gasteiger partial charge in [0.05, 0.1) is 0 Å². The van der Waals surface area contributed by atoms with Gasteiger partial charge in [0.25, 0.3) is 0 Å². The van der Waals surface area contributed by atoms with Crippen LogP contribution in [-0.4, -0.2) is 19.6 Å². The minimum Gasteiger partial charge on any atom is -0.371 e. The quantitative estimate of drug-likeness (QED) is 0.926. The lowest BCUT2D eigenvalue weighted by atomic mass is 9.92. The molecule has 0 bridgehead atoms. The molecular formula is C19H22N2. The SMILES string of the molecule is c1ccc2c(c1)CCNC2CCN1CCc2ccccc21. The first-order chi connectivity index (χ1) is 10.4. The highest BCUT2D eigenvalue weighted by atomic mass is 15.1. The van der Waals surface area contributed by atoms with E-state index >= 15 is 0 Å². The van der Waals surface area contributed by atoms with Crippen molar-refractivity contribution in [2.45, 2.75) is 25.3 Å². The van der Waals surface area contributed by atoms with Gasteiger partial charge in [0.2, 0.25) is 0 Å². The van der Waals surface area contributed by atoms with Crippen molar-refractivity contribution in [2.75, 3.05) is 24.5 Å². The average Bonchev–Trinajstić information content (AvgIpc) is 2.96. The van der Waals surface area contributed by atoms with Gasteiger partial charge in [-0.3, -0.25) is 0 Å². The Morgan fingerprint density at radius 1 is 0.952 bits per heavy atom. The van der Waals surface area contributed by atoms with Crippen molar-refractivity contribution in [1.29, 1.82) is 0 Å². The highest BCUT2D eigenvalue weighted by Gasteiger charge is 2.22. The summed E-state index contributed by atoms with van der Waals surface area (Å²) in [5.74, 6) is 0. The fraction of sp³-hybridized carbons (Fsp3) is 0.368. The summed E-state index contributed by atoms with van der Waals surface area (Å²) in [5.41, 5.74) is 6.00. The summed E-state index contributed by atoms with van der Waals surface area (Å²) < 4.78 is 0. The number of nitrogens with one attached hydrogen (secondary N) is 1. The normalized spacial score (nSPS) is 20.2. The lowest BCUT2D eigenvalue weighted by Crippen LogP contribution is -2.33. The summed E-state index contributed by atoms with van der Waals surface area (Å²) in [4.78, 5) is 2.55. The molecule has 2 aliphatic heterocycles. The van der Waals surface area contributed by atoms with Crippen molar-refractivity contribution in [3.05, 3.63) is 65.2 Å². The van der Waals surface area contributed by atoms with Crippen molar-refractivity contribution in [3.8, 4) is 0 Å². The van der Waals surface area contributed by atoms with Gasteiger partial charge in [-0.2, -0.15) is 0 Å². The molecule has 0 amide bonds. The molecule has 4 rings (SSSR count). The Morgan fingerprint density at radius 2 is 1.76 bits per heavy atom. The minimum absolute atomic E-state index is 0.516. The highest BCUT2D eigenvalue weighted by Crippen LogP contribution is 2.30. The Labute approximate surface area is 126 Å². The van der Waals surface area contributed by atoms with Crippen LogP contribution < -0.4 is 10.2 Å². The van der Waals surface area contributed by atoms with Gasteiger partial charge in [0.1, 0.15) is 0 Å². The van der Waals surface area contributed by atoms with E-state index in [1.54, 1.807) is 0 Å². The molecule has 0 aliphatic carbocycles. The van der Waals surface area contributed by atoms with E-state index < -0.39 is 0 Å². The van der Waals surface area contributed by atoms with Crippen molar-refractivity contribution >= 4 is 5.69 Å². The zero-order valence-corrected chi connectivity index (χ0v) is 12.4. The fourth-order valence-corrected chi connectivity index (χ4v) is 3.77. The van der Waals surface area contributed by atoms with Gasteiger partial charge in [-0.15, -0.1) is 0 Å². The highest BCUT2D eigenvalue weighted by molar-refractivity contribution is 5.57. The molecule has 0 spiro atoms. The number of hydrogen-bond donors (Lipinski definition) is 1. The fourth-order valence-electron chi connectivity index (χ4n) is 3.77. The second kappa shape index (κ2) is 5.53. The third-order valence-corrected chi connectivity index (χ3v) is 4.89. The molecule has 0 aromatic heterocycles. The first-order valence-corrected chi connectivity index (χ1v) is 8.06. The molecule has 1 N–H and O–H groups in total. The molecular weight excluding hydrogens is 256 g/mol. The molecule has 21 heavy (non-hydrogen) atoms. The number of para-hydroxylation sites is 1. The number of rotatable bonds is 3. The summed E-state index contributed by atoms with van der Waals surface area (Å²) in [7, 11) is 0. The van der Waals surface area contributed by atoms with Crippen molar-refractivity contribution in [3.63, 3.8) is 0 Å². The molecule has 2 aliphatic rings. The smallest absolute Gasteiger partial charge is 0.0399 e. The van der Waals surface area contributed by atoms with Crippen molar-refractivity contribution in [2.24, 2.45) is 0 Å². The van der Waals surface area contributed by atoms with Crippen LogP contribution in [0.1, 0.15) is 29.2 Å². The zero-order chi connectivity index (χ0) is 14.1. The van der Waals surface area contributed by atoms with E-state index in [9.17, 15) is 0 Å². The van der Waals surface area contributed by atoms with Crippen LogP contribution in [0.5, 0.6) is 0 Å². The number of hydrogen-bond acceptors (Lipinski definition) is 2. The predicted molar refractivity (Wildman–Crippen MR) is 87.9 cm³/mol. The molecule has 2 heterocycles. The van der Waals surface area contributed by atoms with Gasteiger partial charge in [-0.25, -0.2) is 0 Å². The number of benzene rings is 2. The van der Waals surface area contributed by atoms with E-state index in [1.165, 1.54) is 48.2 Å². The molecule has 0 saturated carbocycles. The van der Waals surface area contributed by atoms with Crippen LogP contribution in [0.3, 0.4) is 0 Å². The molecule has 0 fully saturated rings. The maximum atomic E-state index is 3.70. The Hall–Kier alpha value is -1.80. The Morgan fingerprint density at radius 3 is 2.71 bits per heavy atom. The van der Waals surface area contributed by atoms with Crippen molar-refractivity contribution < 1.29 is 0 Å². The van der Waals surface area contributed by atoms with Crippen LogP contribution in [-0.2, 0) is 12.8 Å². The standard InChI is InChI=1S/C19H22N2/c1-3-7-17-15(5-1)9-12-20-18(17)11-14-21-13-10-16-6-2-4-8-19(16)21/h1-8,18,20H,9-14H2. The topological polar surface area (TPSA) is 15.3 Å². The van der Waals surface area contributed by atoms with Crippen LogP contribution in [0.4, 0.5) is 5.69 Å². The predicted octanol–water partition coefficient (Wildman–Crippen LogP) is 3.33. The maximum absolute atomic E-state index is 3.70. The molecule has 1 atom stereocenters. The third kappa shape index (κ3) is 2.44. The largest absolute Gasteiger partial charge is 0.371 e. The third-order valence-electron chi connectivity index (χ3n) is 4.89. The van der Waals surface area contributed by atoms with Gasteiger partial charge in [-0.05, 0) is 48.6 Å².